The molecule has 2 heterocycles. The second-order valence-electron chi connectivity index (χ2n) is 9.67. The SMILES string of the molecule is O=C(O)c1ccc2c(c1)nc(-c1ccc3nc(C(=O)Nc4ccc(Cl)cc4)ccc3c1)n2C1CCCCC1. The first-order chi connectivity index (χ1) is 18.5. The first-order valence-corrected chi connectivity index (χ1v) is 13.1. The number of carbonyl (C=O) groups is 2. The van der Waals surface area contributed by atoms with E-state index in [0.29, 0.717) is 33.5 Å². The first-order valence-electron chi connectivity index (χ1n) is 12.7. The lowest BCUT2D eigenvalue weighted by Gasteiger charge is -2.25. The summed E-state index contributed by atoms with van der Waals surface area (Å²) < 4.78 is 2.28. The van der Waals surface area contributed by atoms with Gasteiger partial charge in [0.25, 0.3) is 5.91 Å². The van der Waals surface area contributed by atoms with Crippen LogP contribution < -0.4 is 5.32 Å². The van der Waals surface area contributed by atoms with Crippen LogP contribution in [0.4, 0.5) is 5.69 Å². The molecular weight excluding hydrogens is 500 g/mol. The number of fused-ring (bicyclic) bond motifs is 2. The Bertz CT molecular complexity index is 1690. The summed E-state index contributed by atoms with van der Waals surface area (Å²) in [5.74, 6) is -0.444. The monoisotopic (exact) mass is 524 g/mol. The average Bonchev–Trinajstić information content (AvgIpc) is 3.33. The third kappa shape index (κ3) is 4.61. The minimum absolute atomic E-state index is 0.226. The molecule has 1 amide bonds. The Morgan fingerprint density at radius 3 is 2.42 bits per heavy atom. The number of carboxylic acids is 1. The topological polar surface area (TPSA) is 97.1 Å². The van der Waals surface area contributed by atoms with Gasteiger partial charge in [0.1, 0.15) is 11.5 Å². The van der Waals surface area contributed by atoms with Crippen LogP contribution in [-0.2, 0) is 0 Å². The van der Waals surface area contributed by atoms with Crippen LogP contribution in [0.25, 0.3) is 33.3 Å². The Kier molecular flexibility index (Phi) is 6.29. The fourth-order valence-electron chi connectivity index (χ4n) is 5.26. The fourth-order valence-corrected chi connectivity index (χ4v) is 5.39. The normalized spacial score (nSPS) is 14.1. The maximum atomic E-state index is 12.8. The van der Waals surface area contributed by atoms with Gasteiger partial charge in [0.15, 0.2) is 0 Å². The van der Waals surface area contributed by atoms with Crippen LogP contribution in [0, 0.1) is 0 Å². The van der Waals surface area contributed by atoms with E-state index in [-0.39, 0.29) is 11.5 Å². The standard InChI is InChI=1S/C30H25ClN4O3/c31-21-9-11-22(12-10-21)32-29(36)25-14-6-18-16-19(7-13-24(18)33-25)28-34-26-17-20(30(37)38)8-15-27(26)35(28)23-4-2-1-3-5-23/h6-17,23H,1-5H2,(H,32,36)(H,37,38). The van der Waals surface area contributed by atoms with Crippen molar-refractivity contribution in [3.8, 4) is 11.4 Å². The van der Waals surface area contributed by atoms with E-state index >= 15 is 0 Å². The van der Waals surface area contributed by atoms with E-state index in [0.717, 1.165) is 35.1 Å². The van der Waals surface area contributed by atoms with Gasteiger partial charge >= 0.3 is 5.97 Å². The number of nitrogens with one attached hydrogen (secondary N) is 1. The van der Waals surface area contributed by atoms with E-state index in [9.17, 15) is 14.7 Å². The molecule has 0 unspecified atom stereocenters. The number of anilines is 1. The zero-order valence-electron chi connectivity index (χ0n) is 20.5. The highest BCUT2D eigenvalue weighted by Crippen LogP contribution is 2.37. The molecule has 6 rings (SSSR count). The van der Waals surface area contributed by atoms with Crippen molar-refractivity contribution in [1.29, 1.82) is 0 Å². The summed E-state index contributed by atoms with van der Waals surface area (Å²) in [7, 11) is 0. The average molecular weight is 525 g/mol. The molecule has 1 fully saturated rings. The van der Waals surface area contributed by atoms with Crippen LogP contribution in [0.1, 0.15) is 59.0 Å². The Morgan fingerprint density at radius 2 is 1.66 bits per heavy atom. The number of benzene rings is 3. The van der Waals surface area contributed by atoms with Crippen LogP contribution >= 0.6 is 11.6 Å². The predicted molar refractivity (Wildman–Crippen MR) is 149 cm³/mol. The summed E-state index contributed by atoms with van der Waals surface area (Å²) in [4.78, 5) is 33.8. The molecule has 2 aromatic heterocycles. The van der Waals surface area contributed by atoms with Gasteiger partial charge in [-0.1, -0.05) is 36.9 Å². The van der Waals surface area contributed by atoms with E-state index < -0.39 is 5.97 Å². The minimum atomic E-state index is -0.964. The first kappa shape index (κ1) is 24.1. The number of aromatic carboxylic acids is 1. The summed E-state index contributed by atoms with van der Waals surface area (Å²) in [6, 6.07) is 21.9. The quantitative estimate of drug-likeness (QED) is 0.250. The molecule has 3 aromatic carbocycles. The van der Waals surface area contributed by atoms with Gasteiger partial charge in [-0.05, 0) is 79.6 Å². The van der Waals surface area contributed by atoms with Crippen molar-refractivity contribution < 1.29 is 14.7 Å². The molecule has 2 N–H and O–H groups in total. The number of halogens is 1. The Morgan fingerprint density at radius 1 is 0.868 bits per heavy atom. The van der Waals surface area contributed by atoms with Crippen molar-refractivity contribution in [3.63, 3.8) is 0 Å². The van der Waals surface area contributed by atoms with Crippen molar-refractivity contribution in [1.82, 2.24) is 14.5 Å². The molecule has 5 aromatic rings. The van der Waals surface area contributed by atoms with E-state index in [2.05, 4.69) is 14.9 Å². The predicted octanol–water partition coefficient (Wildman–Crippen LogP) is 7.36. The lowest BCUT2D eigenvalue weighted by Crippen LogP contribution is -2.14. The molecule has 7 nitrogen and oxygen atoms in total. The van der Waals surface area contributed by atoms with Crippen LogP contribution in [0.3, 0.4) is 0 Å². The lowest BCUT2D eigenvalue weighted by molar-refractivity contribution is 0.0696. The van der Waals surface area contributed by atoms with Gasteiger partial charge in [-0.2, -0.15) is 0 Å². The number of amides is 1. The van der Waals surface area contributed by atoms with Crippen LogP contribution in [0.15, 0.2) is 72.8 Å². The molecule has 0 aliphatic heterocycles. The highest BCUT2D eigenvalue weighted by molar-refractivity contribution is 6.30. The van der Waals surface area contributed by atoms with Crippen LogP contribution in [0.2, 0.25) is 5.02 Å². The molecule has 190 valence electrons. The maximum absolute atomic E-state index is 12.8. The second-order valence-corrected chi connectivity index (χ2v) is 10.1. The summed E-state index contributed by atoms with van der Waals surface area (Å²) in [5.41, 5.74) is 4.44. The minimum Gasteiger partial charge on any atom is -0.478 e. The number of hydrogen-bond acceptors (Lipinski definition) is 4. The lowest BCUT2D eigenvalue weighted by atomic mass is 9.94. The van der Waals surface area contributed by atoms with E-state index in [1.807, 2.05) is 30.3 Å². The molecule has 38 heavy (non-hydrogen) atoms. The number of carboxylic acid groups (broad SMARTS) is 1. The van der Waals surface area contributed by atoms with E-state index in [4.69, 9.17) is 16.6 Å². The number of rotatable bonds is 5. The third-order valence-electron chi connectivity index (χ3n) is 7.16. The summed E-state index contributed by atoms with van der Waals surface area (Å²) in [6.07, 6.45) is 5.71. The Balaban J connectivity index is 1.37. The number of hydrogen-bond donors (Lipinski definition) is 2. The Labute approximate surface area is 224 Å². The van der Waals surface area contributed by atoms with E-state index in [1.165, 1.54) is 19.3 Å². The highest BCUT2D eigenvalue weighted by Gasteiger charge is 2.23. The second kappa shape index (κ2) is 9.91. The molecule has 0 atom stereocenters. The number of pyridine rings is 1. The molecule has 1 saturated carbocycles. The molecular formula is C30H25ClN4O3. The van der Waals surface area contributed by atoms with Crippen LogP contribution in [-0.4, -0.2) is 31.5 Å². The zero-order valence-corrected chi connectivity index (χ0v) is 21.3. The number of imidazole rings is 1. The summed E-state index contributed by atoms with van der Waals surface area (Å²) in [6.45, 7) is 0. The number of carbonyl (C=O) groups excluding carboxylic acids is 1. The van der Waals surface area contributed by atoms with Crippen molar-refractivity contribution >= 4 is 51.1 Å². The van der Waals surface area contributed by atoms with Gasteiger partial charge in [-0.15, -0.1) is 0 Å². The molecule has 1 aliphatic rings. The van der Waals surface area contributed by atoms with Gasteiger partial charge in [-0.25, -0.2) is 14.8 Å². The highest BCUT2D eigenvalue weighted by atomic mass is 35.5. The number of aromatic nitrogens is 3. The summed E-state index contributed by atoms with van der Waals surface area (Å²) >= 11 is 5.93. The van der Waals surface area contributed by atoms with Crippen molar-refractivity contribution in [2.24, 2.45) is 0 Å². The summed E-state index contributed by atoms with van der Waals surface area (Å²) in [5, 5.41) is 13.8. The van der Waals surface area contributed by atoms with Crippen molar-refractivity contribution in [3.05, 3.63) is 89.1 Å². The third-order valence-corrected chi connectivity index (χ3v) is 7.41. The molecule has 0 radical (unpaired) electrons. The van der Waals surface area contributed by atoms with E-state index in [1.54, 1.807) is 42.5 Å². The van der Waals surface area contributed by atoms with Crippen molar-refractivity contribution in [2.45, 2.75) is 38.1 Å². The van der Waals surface area contributed by atoms with Crippen LogP contribution in [0.5, 0.6) is 0 Å². The van der Waals surface area contributed by atoms with Gasteiger partial charge in [0, 0.05) is 27.7 Å². The molecule has 0 saturated heterocycles. The van der Waals surface area contributed by atoms with Gasteiger partial charge in [-0.3, -0.25) is 4.79 Å². The zero-order chi connectivity index (χ0) is 26.2. The van der Waals surface area contributed by atoms with Gasteiger partial charge in [0.05, 0.1) is 22.1 Å². The Hall–Kier alpha value is -4.23. The molecule has 0 bridgehead atoms. The largest absolute Gasteiger partial charge is 0.478 e. The molecule has 8 heteroatoms. The van der Waals surface area contributed by atoms with Gasteiger partial charge < -0.3 is 15.0 Å². The maximum Gasteiger partial charge on any atom is 0.335 e. The smallest absolute Gasteiger partial charge is 0.335 e. The van der Waals surface area contributed by atoms with Gasteiger partial charge in [0.2, 0.25) is 0 Å². The van der Waals surface area contributed by atoms with Crippen molar-refractivity contribution in [2.75, 3.05) is 5.32 Å². The molecule has 1 aliphatic carbocycles. The number of nitrogens with zero attached hydrogens (tertiary/aromatic N) is 3. The molecule has 0 spiro atoms. The fraction of sp³-hybridized carbons (Fsp3) is 0.200.